The highest BCUT2D eigenvalue weighted by molar-refractivity contribution is 7.81. The van der Waals surface area contributed by atoms with Crippen LogP contribution >= 0.6 is 0 Å². The lowest BCUT2D eigenvalue weighted by molar-refractivity contribution is -0.138. The number of ether oxygens (including phenoxy) is 1. The van der Waals surface area contributed by atoms with E-state index in [1.54, 1.807) is 12.1 Å². The number of hydrogen-bond donors (Lipinski definition) is 3. The largest absolute Gasteiger partial charge is 0.502 e. The quantitative estimate of drug-likeness (QED) is 0.178. The van der Waals surface area contributed by atoms with Crippen molar-refractivity contribution >= 4 is 33.3 Å². The molecule has 0 spiro atoms. The Morgan fingerprint density at radius 1 is 1.00 bits per heavy atom. The fraction of sp³-hybridized carbons (Fsp3) is 0.190. The van der Waals surface area contributed by atoms with Crippen LogP contribution in [0.25, 0.3) is 22.3 Å². The number of hydrogen-bond acceptors (Lipinski definition) is 9. The first-order valence-corrected chi connectivity index (χ1v) is 10.9. The summed E-state index contributed by atoms with van der Waals surface area (Å²) in [5.41, 5.74) is -0.569. The minimum absolute atomic E-state index is 0.00439. The lowest BCUT2D eigenvalue weighted by Gasteiger charge is -2.12. The molecule has 0 fully saturated rings. The SMILES string of the molecule is O=C(O)CCCCC(=O)Oc1ccc(-c2oc3ccccc3c(=O)c2O)cc1OS(=O)(=O)O. The predicted molar refractivity (Wildman–Crippen MR) is 114 cm³/mol. The van der Waals surface area contributed by atoms with Crippen LogP contribution in [0.15, 0.2) is 51.7 Å². The number of rotatable bonds is 9. The molecule has 174 valence electrons. The fourth-order valence-corrected chi connectivity index (χ4v) is 3.32. The summed E-state index contributed by atoms with van der Waals surface area (Å²) < 4.78 is 46.8. The van der Waals surface area contributed by atoms with E-state index in [1.165, 1.54) is 18.2 Å². The van der Waals surface area contributed by atoms with Crippen molar-refractivity contribution in [3.05, 3.63) is 52.7 Å². The van der Waals surface area contributed by atoms with E-state index < -0.39 is 39.3 Å². The predicted octanol–water partition coefficient (Wildman–Crippen LogP) is 2.90. The van der Waals surface area contributed by atoms with Crippen molar-refractivity contribution in [1.82, 2.24) is 0 Å². The number of aliphatic carboxylic acids is 1. The number of para-hydroxylation sites is 1. The Bertz CT molecular complexity index is 1370. The van der Waals surface area contributed by atoms with Crippen molar-refractivity contribution in [1.29, 1.82) is 0 Å². The monoisotopic (exact) mass is 478 g/mol. The molecular weight excluding hydrogens is 460 g/mol. The summed E-state index contributed by atoms with van der Waals surface area (Å²) >= 11 is 0. The molecule has 0 saturated carbocycles. The number of carbonyl (C=O) groups is 2. The van der Waals surface area contributed by atoms with Crippen molar-refractivity contribution in [2.75, 3.05) is 0 Å². The van der Waals surface area contributed by atoms with Crippen LogP contribution in [-0.4, -0.2) is 35.1 Å². The minimum Gasteiger partial charge on any atom is -0.502 e. The first kappa shape index (κ1) is 23.8. The van der Waals surface area contributed by atoms with Gasteiger partial charge in [-0.2, -0.15) is 8.42 Å². The first-order valence-electron chi connectivity index (χ1n) is 9.54. The van der Waals surface area contributed by atoms with Crippen LogP contribution < -0.4 is 14.3 Å². The van der Waals surface area contributed by atoms with Crippen molar-refractivity contribution in [3.8, 4) is 28.6 Å². The third kappa shape index (κ3) is 6.08. The highest BCUT2D eigenvalue weighted by atomic mass is 32.3. The van der Waals surface area contributed by atoms with Gasteiger partial charge in [-0.3, -0.25) is 18.9 Å². The summed E-state index contributed by atoms with van der Waals surface area (Å²) in [6.45, 7) is 0. The summed E-state index contributed by atoms with van der Waals surface area (Å²) in [5, 5.41) is 19.0. The van der Waals surface area contributed by atoms with Gasteiger partial charge in [0.1, 0.15) is 5.58 Å². The molecule has 0 aliphatic heterocycles. The third-order valence-electron chi connectivity index (χ3n) is 4.42. The zero-order chi connectivity index (χ0) is 24.2. The average Bonchev–Trinajstić information content (AvgIpc) is 2.74. The maximum Gasteiger partial charge on any atom is 0.446 e. The molecule has 0 bridgehead atoms. The number of carbonyl (C=O) groups excluding carboxylic acids is 1. The maximum absolute atomic E-state index is 12.4. The van der Waals surface area contributed by atoms with Crippen molar-refractivity contribution in [3.63, 3.8) is 0 Å². The van der Waals surface area contributed by atoms with Crippen molar-refractivity contribution < 1.29 is 46.1 Å². The van der Waals surface area contributed by atoms with Crippen LogP contribution in [0.2, 0.25) is 0 Å². The number of esters is 1. The lowest BCUT2D eigenvalue weighted by Crippen LogP contribution is -2.12. The highest BCUT2D eigenvalue weighted by Gasteiger charge is 2.21. The van der Waals surface area contributed by atoms with E-state index in [0.717, 1.165) is 12.1 Å². The van der Waals surface area contributed by atoms with Gasteiger partial charge in [0.15, 0.2) is 17.3 Å². The zero-order valence-corrected chi connectivity index (χ0v) is 17.7. The molecular formula is C21H18O11S. The molecule has 0 aliphatic rings. The van der Waals surface area contributed by atoms with Crippen LogP contribution in [0.1, 0.15) is 25.7 Å². The number of benzene rings is 2. The molecule has 0 radical (unpaired) electrons. The zero-order valence-electron chi connectivity index (χ0n) is 16.9. The molecule has 0 aliphatic carbocycles. The van der Waals surface area contributed by atoms with Gasteiger partial charge in [0.2, 0.25) is 11.2 Å². The molecule has 3 rings (SSSR count). The molecule has 1 heterocycles. The van der Waals surface area contributed by atoms with Crippen LogP contribution in [-0.2, 0) is 20.0 Å². The first-order chi connectivity index (χ1) is 15.5. The van der Waals surface area contributed by atoms with Gasteiger partial charge in [-0.15, -0.1) is 0 Å². The molecule has 0 amide bonds. The number of fused-ring (bicyclic) bond motifs is 1. The lowest BCUT2D eigenvalue weighted by atomic mass is 10.1. The number of unbranched alkanes of at least 4 members (excludes halogenated alkanes) is 1. The summed E-state index contributed by atoms with van der Waals surface area (Å²) in [5.74, 6) is -3.83. The number of aromatic hydroxyl groups is 1. The fourth-order valence-electron chi connectivity index (χ4n) is 2.96. The molecule has 3 N–H and O–H groups in total. The van der Waals surface area contributed by atoms with Gasteiger partial charge >= 0.3 is 22.3 Å². The minimum atomic E-state index is -5.03. The van der Waals surface area contributed by atoms with Gasteiger partial charge in [0, 0.05) is 18.4 Å². The van der Waals surface area contributed by atoms with E-state index >= 15 is 0 Å². The van der Waals surface area contributed by atoms with E-state index in [9.17, 15) is 27.9 Å². The van der Waals surface area contributed by atoms with Gasteiger partial charge in [-0.1, -0.05) is 12.1 Å². The molecule has 0 saturated heterocycles. The van der Waals surface area contributed by atoms with Gasteiger partial charge in [0.05, 0.1) is 5.39 Å². The number of carboxylic acid groups (broad SMARTS) is 1. The van der Waals surface area contributed by atoms with Crippen LogP contribution in [0.4, 0.5) is 0 Å². The summed E-state index contributed by atoms with van der Waals surface area (Å²) in [6, 6.07) is 9.54. The van der Waals surface area contributed by atoms with E-state index in [-0.39, 0.29) is 53.7 Å². The molecule has 0 unspecified atom stereocenters. The summed E-state index contributed by atoms with van der Waals surface area (Å²) in [7, 11) is -5.03. The van der Waals surface area contributed by atoms with Crippen molar-refractivity contribution in [2.24, 2.45) is 0 Å². The third-order valence-corrected chi connectivity index (χ3v) is 4.81. The Balaban J connectivity index is 1.95. The Morgan fingerprint density at radius 2 is 1.70 bits per heavy atom. The number of carboxylic acids is 1. The average molecular weight is 478 g/mol. The normalized spacial score (nSPS) is 11.3. The Morgan fingerprint density at radius 3 is 2.39 bits per heavy atom. The second-order valence-electron chi connectivity index (χ2n) is 6.85. The second-order valence-corrected chi connectivity index (χ2v) is 7.87. The van der Waals surface area contributed by atoms with Crippen molar-refractivity contribution in [2.45, 2.75) is 25.7 Å². The summed E-state index contributed by atoms with van der Waals surface area (Å²) in [4.78, 5) is 35.0. The molecule has 33 heavy (non-hydrogen) atoms. The standard InChI is InChI=1S/C21H18O11S/c22-17(23)7-3-4-8-18(24)30-15-10-9-12(11-16(15)32-33(27,28)29)21-20(26)19(25)13-5-1-2-6-14(13)31-21/h1-2,5-6,9-11,26H,3-4,7-8H2,(H,22,23)(H,27,28,29). The summed E-state index contributed by atoms with van der Waals surface area (Å²) in [6.07, 6.45) is 0.173. The Hall–Kier alpha value is -3.90. The van der Waals surface area contributed by atoms with Gasteiger partial charge in [0.25, 0.3) is 0 Å². The van der Waals surface area contributed by atoms with Crippen LogP contribution in [0.5, 0.6) is 17.2 Å². The van der Waals surface area contributed by atoms with Crippen LogP contribution in [0.3, 0.4) is 0 Å². The van der Waals surface area contributed by atoms with E-state index in [4.69, 9.17) is 18.8 Å². The molecule has 3 aromatic rings. The van der Waals surface area contributed by atoms with E-state index in [2.05, 4.69) is 4.18 Å². The Labute approximate surface area is 186 Å². The molecule has 11 nitrogen and oxygen atoms in total. The van der Waals surface area contributed by atoms with Gasteiger partial charge in [-0.05, 0) is 43.2 Å². The molecule has 1 aromatic heterocycles. The van der Waals surface area contributed by atoms with E-state index in [1.807, 2.05) is 0 Å². The van der Waals surface area contributed by atoms with Gasteiger partial charge < -0.3 is 23.6 Å². The smallest absolute Gasteiger partial charge is 0.446 e. The van der Waals surface area contributed by atoms with Gasteiger partial charge in [-0.25, -0.2) is 0 Å². The molecule has 0 atom stereocenters. The molecule has 2 aromatic carbocycles. The van der Waals surface area contributed by atoms with Crippen LogP contribution in [0, 0.1) is 0 Å². The Kier molecular flexibility index (Phi) is 6.99. The second kappa shape index (κ2) is 9.71. The maximum atomic E-state index is 12.4. The highest BCUT2D eigenvalue weighted by Crippen LogP contribution is 2.37. The molecule has 12 heteroatoms. The van der Waals surface area contributed by atoms with E-state index in [0.29, 0.717) is 0 Å². The topological polar surface area (TPSA) is 178 Å².